The zero-order chi connectivity index (χ0) is 11.9. The number of aromatic nitrogens is 3. The zero-order valence-electron chi connectivity index (χ0n) is 9.61. The smallest absolute Gasteiger partial charge is 0.256 e. The van der Waals surface area contributed by atoms with E-state index >= 15 is 0 Å². The highest BCUT2D eigenvalue weighted by Gasteiger charge is 2.14. The molecule has 0 atom stereocenters. The molecule has 0 saturated heterocycles. The van der Waals surface area contributed by atoms with Crippen LogP contribution < -0.4 is 5.56 Å². The van der Waals surface area contributed by atoms with Gasteiger partial charge in [-0.15, -0.1) is 0 Å². The molecule has 0 amide bonds. The number of nitrogens with zero attached hydrogens (tertiary/aromatic N) is 2. The summed E-state index contributed by atoms with van der Waals surface area (Å²) in [5.41, 5.74) is 0.750. The van der Waals surface area contributed by atoms with E-state index in [9.17, 15) is 9.90 Å². The lowest BCUT2D eigenvalue weighted by Gasteiger charge is -2.07. The predicted octanol–water partition coefficient (Wildman–Crippen LogP) is 1.57. The highest BCUT2D eigenvalue weighted by molar-refractivity contribution is 5.82. The van der Waals surface area contributed by atoms with Gasteiger partial charge in [0.15, 0.2) is 0 Å². The van der Waals surface area contributed by atoms with E-state index < -0.39 is 0 Å². The average molecular weight is 221 g/mol. The van der Waals surface area contributed by atoms with Gasteiger partial charge in [0.05, 0.1) is 17.1 Å². The summed E-state index contributed by atoms with van der Waals surface area (Å²) in [6.45, 7) is 5.77. The van der Waals surface area contributed by atoms with E-state index in [1.54, 1.807) is 10.9 Å². The van der Waals surface area contributed by atoms with Crippen LogP contribution in [0.3, 0.4) is 0 Å². The van der Waals surface area contributed by atoms with Gasteiger partial charge in [-0.2, -0.15) is 5.10 Å². The molecule has 0 aliphatic carbocycles. The highest BCUT2D eigenvalue weighted by atomic mass is 16.3. The SMILES string of the molecule is CCc1c(O)c2cnn(C(C)C)c2[nH]c1=O. The molecule has 0 aliphatic rings. The van der Waals surface area contributed by atoms with Crippen LogP contribution in [0, 0.1) is 0 Å². The molecule has 2 rings (SSSR count). The first kappa shape index (κ1) is 10.7. The molecule has 5 heteroatoms. The Labute approximate surface area is 92.7 Å². The van der Waals surface area contributed by atoms with Crippen molar-refractivity contribution in [1.29, 1.82) is 0 Å². The maximum atomic E-state index is 11.7. The summed E-state index contributed by atoms with van der Waals surface area (Å²) < 4.78 is 1.69. The fourth-order valence-electron chi connectivity index (χ4n) is 1.83. The third kappa shape index (κ3) is 1.39. The molecule has 0 radical (unpaired) electrons. The Bertz CT molecular complexity index is 581. The molecule has 5 nitrogen and oxygen atoms in total. The molecule has 0 unspecified atom stereocenters. The summed E-state index contributed by atoms with van der Waals surface area (Å²) in [6, 6.07) is 0.139. The Kier molecular flexibility index (Phi) is 2.46. The maximum Gasteiger partial charge on any atom is 0.256 e. The molecule has 0 bridgehead atoms. The third-order valence-electron chi connectivity index (χ3n) is 2.69. The van der Waals surface area contributed by atoms with E-state index in [0.29, 0.717) is 23.0 Å². The summed E-state index contributed by atoms with van der Waals surface area (Å²) in [5, 5.41) is 14.7. The van der Waals surface area contributed by atoms with Crippen LogP contribution in [-0.2, 0) is 6.42 Å². The highest BCUT2D eigenvalue weighted by Crippen LogP contribution is 2.25. The van der Waals surface area contributed by atoms with Crippen molar-refractivity contribution in [3.05, 3.63) is 22.1 Å². The number of nitrogens with one attached hydrogen (secondary N) is 1. The van der Waals surface area contributed by atoms with Crippen molar-refractivity contribution in [3.63, 3.8) is 0 Å². The van der Waals surface area contributed by atoms with E-state index in [2.05, 4.69) is 10.1 Å². The van der Waals surface area contributed by atoms with E-state index in [4.69, 9.17) is 0 Å². The molecule has 0 aliphatic heterocycles. The average Bonchev–Trinajstić information content (AvgIpc) is 2.62. The molecule has 2 aromatic rings. The molecule has 0 saturated carbocycles. The van der Waals surface area contributed by atoms with Crippen LogP contribution in [0.15, 0.2) is 11.0 Å². The second kappa shape index (κ2) is 3.66. The Morgan fingerprint density at radius 3 is 2.81 bits per heavy atom. The molecular weight excluding hydrogens is 206 g/mol. The lowest BCUT2D eigenvalue weighted by molar-refractivity contribution is 0.473. The van der Waals surface area contributed by atoms with Crippen LogP contribution in [0.5, 0.6) is 5.75 Å². The monoisotopic (exact) mass is 221 g/mol. The van der Waals surface area contributed by atoms with Crippen molar-refractivity contribution >= 4 is 11.0 Å². The minimum Gasteiger partial charge on any atom is -0.507 e. The molecular formula is C11H15N3O2. The lowest BCUT2D eigenvalue weighted by Crippen LogP contribution is -2.14. The van der Waals surface area contributed by atoms with Crippen molar-refractivity contribution in [3.8, 4) is 5.75 Å². The first-order valence-corrected chi connectivity index (χ1v) is 5.37. The van der Waals surface area contributed by atoms with Gasteiger partial charge >= 0.3 is 0 Å². The number of hydrogen-bond donors (Lipinski definition) is 2. The van der Waals surface area contributed by atoms with Crippen LogP contribution in [0.2, 0.25) is 0 Å². The largest absolute Gasteiger partial charge is 0.507 e. The van der Waals surface area contributed by atoms with E-state index in [0.717, 1.165) is 0 Å². The lowest BCUT2D eigenvalue weighted by atomic mass is 10.1. The van der Waals surface area contributed by atoms with Crippen molar-refractivity contribution < 1.29 is 5.11 Å². The molecule has 2 heterocycles. The predicted molar refractivity (Wildman–Crippen MR) is 61.8 cm³/mol. The standard InChI is InChI=1S/C11H15N3O2/c1-4-7-9(15)8-5-12-14(6(2)3)10(8)13-11(7)16/h5-6H,4H2,1-3H3,(H2,13,15,16). The number of pyridine rings is 1. The quantitative estimate of drug-likeness (QED) is 0.808. The molecule has 2 N–H and O–H groups in total. The van der Waals surface area contributed by atoms with Gasteiger partial charge in [0.1, 0.15) is 11.4 Å². The van der Waals surface area contributed by atoms with Crippen LogP contribution in [-0.4, -0.2) is 19.9 Å². The van der Waals surface area contributed by atoms with Gasteiger partial charge in [0.2, 0.25) is 0 Å². The Morgan fingerprint density at radius 2 is 2.25 bits per heavy atom. The minimum atomic E-state index is -0.241. The Balaban J connectivity index is 2.84. The minimum absolute atomic E-state index is 0.0492. The Hall–Kier alpha value is -1.78. The molecule has 0 aromatic carbocycles. The second-order valence-electron chi connectivity index (χ2n) is 4.08. The van der Waals surface area contributed by atoms with Gasteiger partial charge in [-0.1, -0.05) is 6.92 Å². The van der Waals surface area contributed by atoms with Gasteiger partial charge in [0, 0.05) is 6.04 Å². The molecule has 0 fully saturated rings. The van der Waals surface area contributed by atoms with E-state index in [1.807, 2.05) is 20.8 Å². The summed E-state index contributed by atoms with van der Waals surface area (Å²) in [7, 11) is 0. The van der Waals surface area contributed by atoms with E-state index in [1.165, 1.54) is 0 Å². The summed E-state index contributed by atoms with van der Waals surface area (Å²) in [4.78, 5) is 14.5. The van der Waals surface area contributed by atoms with Crippen molar-refractivity contribution in [2.24, 2.45) is 0 Å². The zero-order valence-corrected chi connectivity index (χ0v) is 9.61. The number of aromatic hydroxyl groups is 1. The third-order valence-corrected chi connectivity index (χ3v) is 2.69. The molecule has 2 aromatic heterocycles. The van der Waals surface area contributed by atoms with Gasteiger partial charge in [-0.25, -0.2) is 4.68 Å². The summed E-state index contributed by atoms with van der Waals surface area (Å²) in [5.74, 6) is 0.0492. The molecule has 86 valence electrons. The van der Waals surface area contributed by atoms with Gasteiger partial charge in [-0.3, -0.25) is 4.79 Å². The van der Waals surface area contributed by atoms with Gasteiger partial charge in [0.25, 0.3) is 5.56 Å². The first-order valence-electron chi connectivity index (χ1n) is 5.37. The Morgan fingerprint density at radius 1 is 1.56 bits per heavy atom. The van der Waals surface area contributed by atoms with E-state index in [-0.39, 0.29) is 17.4 Å². The van der Waals surface area contributed by atoms with Crippen LogP contribution in [0.25, 0.3) is 11.0 Å². The summed E-state index contributed by atoms with van der Waals surface area (Å²) in [6.07, 6.45) is 2.09. The molecule has 16 heavy (non-hydrogen) atoms. The van der Waals surface area contributed by atoms with Crippen LogP contribution in [0.4, 0.5) is 0 Å². The fraction of sp³-hybridized carbons (Fsp3) is 0.455. The topological polar surface area (TPSA) is 70.9 Å². The van der Waals surface area contributed by atoms with Crippen molar-refractivity contribution in [1.82, 2.24) is 14.8 Å². The number of rotatable bonds is 2. The fourth-order valence-corrected chi connectivity index (χ4v) is 1.83. The number of H-pyrrole nitrogens is 1. The number of aromatic amines is 1. The molecule has 0 spiro atoms. The normalized spacial score (nSPS) is 11.5. The van der Waals surface area contributed by atoms with Crippen LogP contribution >= 0.6 is 0 Å². The summed E-state index contributed by atoms with van der Waals surface area (Å²) >= 11 is 0. The van der Waals surface area contributed by atoms with Crippen molar-refractivity contribution in [2.75, 3.05) is 0 Å². The number of hydrogen-bond acceptors (Lipinski definition) is 3. The first-order chi connectivity index (χ1) is 7.56. The van der Waals surface area contributed by atoms with Gasteiger partial charge in [-0.05, 0) is 20.3 Å². The van der Waals surface area contributed by atoms with Crippen molar-refractivity contribution in [2.45, 2.75) is 33.2 Å². The maximum absolute atomic E-state index is 11.7. The second-order valence-corrected chi connectivity index (χ2v) is 4.08. The number of fused-ring (bicyclic) bond motifs is 1. The van der Waals surface area contributed by atoms with Gasteiger partial charge < -0.3 is 10.1 Å². The van der Waals surface area contributed by atoms with Crippen LogP contribution in [0.1, 0.15) is 32.4 Å².